The van der Waals surface area contributed by atoms with Gasteiger partial charge in [-0.1, -0.05) is 18.2 Å². The molecule has 1 aliphatic heterocycles. The first-order chi connectivity index (χ1) is 10.8. The van der Waals surface area contributed by atoms with Crippen LogP contribution < -0.4 is 4.74 Å². The number of ether oxygens (including phenoxy) is 3. The quantitative estimate of drug-likeness (QED) is 0.801. The van der Waals surface area contributed by atoms with Gasteiger partial charge in [0.2, 0.25) is 0 Å². The number of methoxy groups -OCH3 is 1. The summed E-state index contributed by atoms with van der Waals surface area (Å²) in [6, 6.07) is 8.61. The molecular weight excluding hydrogens is 298 g/mol. The maximum absolute atomic E-state index is 12.3. The van der Waals surface area contributed by atoms with Crippen LogP contribution in [0.1, 0.15) is 27.2 Å². The Labute approximate surface area is 136 Å². The molecule has 1 heterocycles. The molecule has 6 nitrogen and oxygen atoms in total. The van der Waals surface area contributed by atoms with Crippen molar-refractivity contribution < 1.29 is 23.8 Å². The Kier molecular flexibility index (Phi) is 5.13. The molecule has 1 aliphatic rings. The fraction of sp³-hybridized carbons (Fsp3) is 0.529. The zero-order chi connectivity index (χ0) is 17.0. The van der Waals surface area contributed by atoms with E-state index in [1.54, 1.807) is 20.8 Å². The summed E-state index contributed by atoms with van der Waals surface area (Å²) < 4.78 is 16.0. The van der Waals surface area contributed by atoms with Gasteiger partial charge in [0.25, 0.3) is 0 Å². The van der Waals surface area contributed by atoms with E-state index in [0.717, 1.165) is 0 Å². The Morgan fingerprint density at radius 1 is 1.17 bits per heavy atom. The molecule has 1 unspecified atom stereocenters. The third-order valence-electron chi connectivity index (χ3n) is 3.41. The summed E-state index contributed by atoms with van der Waals surface area (Å²) in [5.41, 5.74) is -0.629. The van der Waals surface area contributed by atoms with E-state index in [2.05, 4.69) is 0 Å². The van der Waals surface area contributed by atoms with Crippen molar-refractivity contribution >= 4 is 12.1 Å². The normalized spacial score (nSPS) is 21.0. The first-order valence-electron chi connectivity index (χ1n) is 7.59. The van der Waals surface area contributed by atoms with Crippen LogP contribution in [0.2, 0.25) is 0 Å². The van der Waals surface area contributed by atoms with E-state index < -0.39 is 23.7 Å². The molecule has 0 N–H and O–H groups in total. The number of benzene rings is 1. The van der Waals surface area contributed by atoms with E-state index >= 15 is 0 Å². The van der Waals surface area contributed by atoms with Gasteiger partial charge in [0, 0.05) is 6.42 Å². The van der Waals surface area contributed by atoms with Gasteiger partial charge < -0.3 is 14.2 Å². The minimum Gasteiger partial charge on any atom is -0.488 e. The van der Waals surface area contributed by atoms with Crippen molar-refractivity contribution in [1.29, 1.82) is 0 Å². The summed E-state index contributed by atoms with van der Waals surface area (Å²) in [4.78, 5) is 25.7. The first kappa shape index (κ1) is 17.1. The highest BCUT2D eigenvalue weighted by molar-refractivity contribution is 5.82. The van der Waals surface area contributed by atoms with Gasteiger partial charge in [-0.15, -0.1) is 0 Å². The molecule has 0 saturated carbocycles. The number of hydrogen-bond donors (Lipinski definition) is 0. The molecule has 1 saturated heterocycles. The number of rotatable bonds is 3. The maximum atomic E-state index is 12.3. The van der Waals surface area contributed by atoms with Crippen molar-refractivity contribution in [1.82, 2.24) is 4.90 Å². The Morgan fingerprint density at radius 2 is 1.83 bits per heavy atom. The maximum Gasteiger partial charge on any atom is 0.411 e. The van der Waals surface area contributed by atoms with E-state index in [1.165, 1.54) is 12.0 Å². The average molecular weight is 321 g/mol. The monoisotopic (exact) mass is 321 g/mol. The van der Waals surface area contributed by atoms with Crippen LogP contribution in [0.4, 0.5) is 4.79 Å². The zero-order valence-corrected chi connectivity index (χ0v) is 13.9. The summed E-state index contributed by atoms with van der Waals surface area (Å²) in [5.74, 6) is 0.238. The fourth-order valence-corrected chi connectivity index (χ4v) is 2.46. The molecule has 1 aromatic rings. The molecular formula is C17H23NO5. The molecule has 1 aromatic carbocycles. The topological polar surface area (TPSA) is 65.1 Å². The predicted octanol–water partition coefficient (Wildman–Crippen LogP) is 2.62. The molecule has 6 heteroatoms. The number of likely N-dealkylation sites (tertiary alicyclic amines) is 1. The van der Waals surface area contributed by atoms with Gasteiger partial charge in [-0.05, 0) is 32.9 Å². The van der Waals surface area contributed by atoms with Crippen LogP contribution in [-0.4, -0.2) is 48.4 Å². The molecule has 0 aliphatic carbocycles. The van der Waals surface area contributed by atoms with E-state index in [-0.39, 0.29) is 12.6 Å². The number of hydrogen-bond acceptors (Lipinski definition) is 5. The second-order valence-electron chi connectivity index (χ2n) is 6.46. The Hall–Kier alpha value is -2.24. The minimum absolute atomic E-state index is 0.281. The Balaban J connectivity index is 2.09. The standard InChI is InChI=1S/C17H23NO5/c1-17(2,3)23-16(20)18-11-13(10-14(18)15(19)21-4)22-12-8-6-5-7-9-12/h5-9,13-14H,10-11H2,1-4H3/t13-,14?/m1/s1. The van der Waals surface area contributed by atoms with Crippen molar-refractivity contribution in [3.63, 3.8) is 0 Å². The highest BCUT2D eigenvalue weighted by Crippen LogP contribution is 2.25. The van der Waals surface area contributed by atoms with Gasteiger partial charge in [-0.3, -0.25) is 4.90 Å². The van der Waals surface area contributed by atoms with Crippen molar-refractivity contribution in [2.45, 2.75) is 44.9 Å². The third kappa shape index (κ3) is 4.61. The average Bonchev–Trinajstić information content (AvgIpc) is 2.90. The lowest BCUT2D eigenvalue weighted by Crippen LogP contribution is -2.44. The van der Waals surface area contributed by atoms with Crippen LogP contribution in [0.15, 0.2) is 30.3 Å². The van der Waals surface area contributed by atoms with Gasteiger partial charge in [0.05, 0.1) is 13.7 Å². The summed E-state index contributed by atoms with van der Waals surface area (Å²) in [6.45, 7) is 5.63. The number of carbonyl (C=O) groups is 2. The molecule has 0 aromatic heterocycles. The molecule has 1 amide bonds. The number of nitrogens with zero attached hydrogens (tertiary/aromatic N) is 1. The van der Waals surface area contributed by atoms with Crippen LogP contribution in [0, 0.1) is 0 Å². The van der Waals surface area contributed by atoms with Crippen LogP contribution >= 0.6 is 0 Å². The molecule has 2 atom stereocenters. The number of esters is 1. The summed E-state index contributed by atoms with van der Waals surface area (Å²) in [5, 5.41) is 0. The molecule has 2 rings (SSSR count). The van der Waals surface area contributed by atoms with Crippen LogP contribution in [0.3, 0.4) is 0 Å². The fourth-order valence-electron chi connectivity index (χ4n) is 2.46. The largest absolute Gasteiger partial charge is 0.488 e. The summed E-state index contributed by atoms with van der Waals surface area (Å²) in [7, 11) is 1.31. The smallest absolute Gasteiger partial charge is 0.411 e. The molecule has 0 spiro atoms. The van der Waals surface area contributed by atoms with Gasteiger partial charge in [-0.2, -0.15) is 0 Å². The minimum atomic E-state index is -0.691. The summed E-state index contributed by atoms with van der Waals surface area (Å²) in [6.07, 6.45) is -0.443. The van der Waals surface area contributed by atoms with Crippen molar-refractivity contribution in [3.05, 3.63) is 30.3 Å². The van der Waals surface area contributed by atoms with Crippen molar-refractivity contribution in [2.75, 3.05) is 13.7 Å². The van der Waals surface area contributed by atoms with Gasteiger partial charge in [0.1, 0.15) is 23.5 Å². The van der Waals surface area contributed by atoms with Crippen molar-refractivity contribution in [2.24, 2.45) is 0 Å². The zero-order valence-electron chi connectivity index (χ0n) is 13.9. The molecule has 126 valence electrons. The van der Waals surface area contributed by atoms with E-state index in [1.807, 2.05) is 30.3 Å². The lowest BCUT2D eigenvalue weighted by Gasteiger charge is -2.27. The Morgan fingerprint density at radius 3 is 2.39 bits per heavy atom. The lowest BCUT2D eigenvalue weighted by atomic mass is 10.2. The van der Waals surface area contributed by atoms with Crippen LogP contribution in [0.5, 0.6) is 5.75 Å². The van der Waals surface area contributed by atoms with Crippen LogP contribution in [-0.2, 0) is 14.3 Å². The van der Waals surface area contributed by atoms with Gasteiger partial charge in [0.15, 0.2) is 0 Å². The van der Waals surface area contributed by atoms with E-state index in [0.29, 0.717) is 12.2 Å². The van der Waals surface area contributed by atoms with Gasteiger partial charge >= 0.3 is 12.1 Å². The second kappa shape index (κ2) is 6.89. The number of para-hydroxylation sites is 1. The van der Waals surface area contributed by atoms with Crippen LogP contribution in [0.25, 0.3) is 0 Å². The van der Waals surface area contributed by atoms with E-state index in [9.17, 15) is 9.59 Å². The molecule has 23 heavy (non-hydrogen) atoms. The van der Waals surface area contributed by atoms with Gasteiger partial charge in [-0.25, -0.2) is 9.59 Å². The Bertz CT molecular complexity index is 552. The molecule has 0 radical (unpaired) electrons. The predicted molar refractivity (Wildman–Crippen MR) is 84.2 cm³/mol. The third-order valence-corrected chi connectivity index (χ3v) is 3.41. The number of amides is 1. The summed E-state index contributed by atoms with van der Waals surface area (Å²) >= 11 is 0. The second-order valence-corrected chi connectivity index (χ2v) is 6.46. The molecule has 1 fully saturated rings. The molecule has 0 bridgehead atoms. The highest BCUT2D eigenvalue weighted by atomic mass is 16.6. The van der Waals surface area contributed by atoms with Crippen molar-refractivity contribution in [3.8, 4) is 5.75 Å². The first-order valence-corrected chi connectivity index (χ1v) is 7.59. The number of carbonyl (C=O) groups excluding carboxylic acids is 2. The SMILES string of the molecule is COC(=O)C1C[C@@H](Oc2ccccc2)CN1C(=O)OC(C)(C)C. The van der Waals surface area contributed by atoms with E-state index in [4.69, 9.17) is 14.2 Å². The highest BCUT2D eigenvalue weighted by Gasteiger charge is 2.43. The lowest BCUT2D eigenvalue weighted by molar-refractivity contribution is -0.145.